The maximum absolute atomic E-state index is 12.7. The number of halogens is 1. The van der Waals surface area contributed by atoms with Gasteiger partial charge in [-0.1, -0.05) is 15.9 Å². The minimum absolute atomic E-state index is 0.163. The van der Waals surface area contributed by atoms with Crippen molar-refractivity contribution >= 4 is 27.9 Å². The summed E-state index contributed by atoms with van der Waals surface area (Å²) in [6, 6.07) is 10.4. The molecule has 7 heteroatoms. The summed E-state index contributed by atoms with van der Waals surface area (Å²) in [4.78, 5) is 26.0. The first kappa shape index (κ1) is 16.6. The van der Waals surface area contributed by atoms with Gasteiger partial charge in [0.1, 0.15) is 23.9 Å². The Morgan fingerprint density at radius 3 is 2.54 bits per heavy atom. The van der Waals surface area contributed by atoms with E-state index in [0.717, 1.165) is 9.37 Å². The first-order valence-corrected chi connectivity index (χ1v) is 8.29. The lowest BCUT2D eigenvalue weighted by Gasteiger charge is -2.19. The van der Waals surface area contributed by atoms with Crippen LogP contribution in [0.1, 0.15) is 18.4 Å². The van der Waals surface area contributed by atoms with Crippen molar-refractivity contribution in [3.63, 3.8) is 0 Å². The van der Waals surface area contributed by atoms with E-state index >= 15 is 0 Å². The first-order chi connectivity index (χ1) is 11.4. The second-order valence-corrected chi connectivity index (χ2v) is 6.64. The summed E-state index contributed by atoms with van der Waals surface area (Å²) in [5.41, 5.74) is -1.18. The molecule has 1 aromatic carbocycles. The minimum atomic E-state index is -1.18. The van der Waals surface area contributed by atoms with Crippen molar-refractivity contribution in [2.24, 2.45) is 0 Å². The topological polar surface area (TPSA) is 71.8 Å². The molecule has 1 N–H and O–H groups in total. The highest BCUT2D eigenvalue weighted by Gasteiger charge is 2.50. The van der Waals surface area contributed by atoms with Gasteiger partial charge in [0.15, 0.2) is 5.54 Å². The summed E-state index contributed by atoms with van der Waals surface area (Å²) in [5, 5.41) is 2.70. The molecule has 0 aliphatic carbocycles. The lowest BCUT2D eigenvalue weighted by atomic mass is 9.99. The Bertz CT molecular complexity index is 771. The number of nitrogens with zero attached hydrogens (tertiary/aromatic N) is 1. The van der Waals surface area contributed by atoms with E-state index in [2.05, 4.69) is 21.2 Å². The van der Waals surface area contributed by atoms with Crippen LogP contribution in [-0.4, -0.2) is 30.0 Å². The Hall–Kier alpha value is -2.28. The van der Waals surface area contributed by atoms with E-state index in [-0.39, 0.29) is 19.1 Å². The highest BCUT2D eigenvalue weighted by Crippen LogP contribution is 2.30. The Kier molecular flexibility index (Phi) is 4.36. The van der Waals surface area contributed by atoms with Crippen LogP contribution in [0, 0.1) is 6.92 Å². The van der Waals surface area contributed by atoms with Gasteiger partial charge in [0, 0.05) is 4.47 Å². The van der Waals surface area contributed by atoms with Gasteiger partial charge in [-0.2, -0.15) is 0 Å². The van der Waals surface area contributed by atoms with Gasteiger partial charge in [-0.05, 0) is 50.2 Å². The number of ether oxygens (including phenoxy) is 1. The monoisotopic (exact) mass is 392 g/mol. The van der Waals surface area contributed by atoms with Crippen molar-refractivity contribution in [2.45, 2.75) is 19.4 Å². The van der Waals surface area contributed by atoms with E-state index in [4.69, 9.17) is 9.15 Å². The summed E-state index contributed by atoms with van der Waals surface area (Å²) in [6.07, 6.45) is 0. The number of furan rings is 1. The molecule has 0 saturated carbocycles. The number of hydrogen-bond donors (Lipinski definition) is 1. The molecule has 1 fully saturated rings. The average Bonchev–Trinajstić information content (AvgIpc) is 3.07. The third kappa shape index (κ3) is 3.03. The van der Waals surface area contributed by atoms with E-state index in [9.17, 15) is 9.59 Å². The fraction of sp³-hybridized carbons (Fsp3) is 0.294. The summed E-state index contributed by atoms with van der Waals surface area (Å²) in [6.45, 7) is 3.81. The Balaban J connectivity index is 1.65. The summed E-state index contributed by atoms with van der Waals surface area (Å²) in [7, 11) is 0. The maximum atomic E-state index is 12.7. The van der Waals surface area contributed by atoms with Gasteiger partial charge in [-0.15, -0.1) is 0 Å². The number of carbonyl (C=O) groups excluding carboxylic acids is 2. The van der Waals surface area contributed by atoms with Crippen molar-refractivity contribution in [3.05, 3.63) is 52.4 Å². The van der Waals surface area contributed by atoms with Gasteiger partial charge in [-0.25, -0.2) is 4.79 Å². The molecule has 1 aliphatic rings. The quantitative estimate of drug-likeness (QED) is 0.792. The lowest BCUT2D eigenvalue weighted by molar-refractivity contribution is -0.131. The zero-order valence-corrected chi connectivity index (χ0v) is 14.9. The molecule has 0 spiro atoms. The van der Waals surface area contributed by atoms with Gasteiger partial charge < -0.3 is 14.5 Å². The van der Waals surface area contributed by atoms with Crippen LogP contribution >= 0.6 is 15.9 Å². The van der Waals surface area contributed by atoms with Crippen molar-refractivity contribution < 1.29 is 18.7 Å². The van der Waals surface area contributed by atoms with E-state index < -0.39 is 11.6 Å². The number of hydrogen-bond acceptors (Lipinski definition) is 4. The molecule has 3 amide bonds. The van der Waals surface area contributed by atoms with E-state index in [1.54, 1.807) is 26.0 Å². The molecule has 24 heavy (non-hydrogen) atoms. The number of benzene rings is 1. The summed E-state index contributed by atoms with van der Waals surface area (Å²) >= 11 is 3.35. The molecule has 6 nitrogen and oxygen atoms in total. The summed E-state index contributed by atoms with van der Waals surface area (Å²) < 4.78 is 12.1. The highest BCUT2D eigenvalue weighted by atomic mass is 79.9. The standard InChI is InChI=1S/C17H17BrN2O4/c1-11-3-8-14(24-11)17(2)15(21)20(16(22)19-17)9-10-23-13-6-4-12(18)5-7-13/h3-8H,9-10H2,1-2H3,(H,19,22). The van der Waals surface area contributed by atoms with Crippen LogP contribution in [0.4, 0.5) is 4.79 Å². The third-order valence-electron chi connectivity index (χ3n) is 3.91. The van der Waals surface area contributed by atoms with Gasteiger partial charge >= 0.3 is 6.03 Å². The summed E-state index contributed by atoms with van der Waals surface area (Å²) in [5.74, 6) is 1.44. The Morgan fingerprint density at radius 2 is 1.92 bits per heavy atom. The predicted molar refractivity (Wildman–Crippen MR) is 90.7 cm³/mol. The second kappa shape index (κ2) is 6.32. The van der Waals surface area contributed by atoms with Crippen molar-refractivity contribution in [3.8, 4) is 5.75 Å². The second-order valence-electron chi connectivity index (χ2n) is 5.72. The third-order valence-corrected chi connectivity index (χ3v) is 4.43. The number of nitrogens with one attached hydrogen (secondary N) is 1. The van der Waals surface area contributed by atoms with Crippen LogP contribution in [0.25, 0.3) is 0 Å². The minimum Gasteiger partial charge on any atom is -0.492 e. The van der Waals surface area contributed by atoms with E-state index in [0.29, 0.717) is 17.3 Å². The molecule has 1 saturated heterocycles. The van der Waals surface area contributed by atoms with Gasteiger partial charge in [0.25, 0.3) is 5.91 Å². The van der Waals surface area contributed by atoms with Crippen LogP contribution in [0.3, 0.4) is 0 Å². The zero-order chi connectivity index (χ0) is 17.3. The fourth-order valence-electron chi connectivity index (χ4n) is 2.56. The molecular weight excluding hydrogens is 376 g/mol. The number of rotatable bonds is 5. The fourth-order valence-corrected chi connectivity index (χ4v) is 2.82. The van der Waals surface area contributed by atoms with Crippen LogP contribution in [0.2, 0.25) is 0 Å². The lowest BCUT2D eigenvalue weighted by Crippen LogP contribution is -2.41. The zero-order valence-electron chi connectivity index (χ0n) is 13.3. The molecule has 1 atom stereocenters. The number of imide groups is 1. The number of amides is 3. The number of urea groups is 1. The normalized spacial score (nSPS) is 20.4. The first-order valence-electron chi connectivity index (χ1n) is 7.49. The molecule has 2 heterocycles. The predicted octanol–water partition coefficient (Wildman–Crippen LogP) is 3.20. The molecule has 126 valence electrons. The van der Waals surface area contributed by atoms with E-state index in [1.165, 1.54) is 0 Å². The van der Waals surface area contributed by atoms with Gasteiger partial charge in [0.05, 0.1) is 6.54 Å². The van der Waals surface area contributed by atoms with Gasteiger partial charge in [-0.3, -0.25) is 9.69 Å². The van der Waals surface area contributed by atoms with Crippen molar-refractivity contribution in [2.75, 3.05) is 13.2 Å². The van der Waals surface area contributed by atoms with Gasteiger partial charge in [0.2, 0.25) is 0 Å². The van der Waals surface area contributed by atoms with Crippen LogP contribution in [0.15, 0.2) is 45.3 Å². The van der Waals surface area contributed by atoms with Crippen LogP contribution < -0.4 is 10.1 Å². The molecule has 0 radical (unpaired) electrons. The van der Waals surface area contributed by atoms with Crippen LogP contribution in [0.5, 0.6) is 5.75 Å². The van der Waals surface area contributed by atoms with Crippen LogP contribution in [-0.2, 0) is 10.3 Å². The molecule has 3 rings (SSSR count). The SMILES string of the molecule is Cc1ccc(C2(C)NC(=O)N(CCOc3ccc(Br)cc3)C2=O)o1. The van der Waals surface area contributed by atoms with E-state index in [1.807, 2.05) is 24.3 Å². The highest BCUT2D eigenvalue weighted by molar-refractivity contribution is 9.10. The molecular formula is C17H17BrN2O4. The Morgan fingerprint density at radius 1 is 1.21 bits per heavy atom. The Labute approximate surface area is 147 Å². The molecule has 0 bridgehead atoms. The van der Waals surface area contributed by atoms with Crippen molar-refractivity contribution in [1.82, 2.24) is 10.2 Å². The van der Waals surface area contributed by atoms with Crippen molar-refractivity contribution in [1.29, 1.82) is 0 Å². The molecule has 1 aromatic heterocycles. The smallest absolute Gasteiger partial charge is 0.325 e. The maximum Gasteiger partial charge on any atom is 0.325 e. The average molecular weight is 393 g/mol. The largest absolute Gasteiger partial charge is 0.492 e. The molecule has 1 aliphatic heterocycles. The molecule has 2 aromatic rings. The molecule has 1 unspecified atom stereocenters. The number of carbonyl (C=O) groups is 2. The number of aryl methyl sites for hydroxylation is 1.